The van der Waals surface area contributed by atoms with Crippen molar-refractivity contribution in [3.63, 3.8) is 0 Å². The molecule has 0 saturated heterocycles. The Hall–Kier alpha value is -0.0300. The second-order valence-electron chi connectivity index (χ2n) is 5.95. The van der Waals surface area contributed by atoms with Crippen LogP contribution in [0.4, 0.5) is 4.79 Å². The normalized spacial score (nSPS) is 14.3. The average molecular weight is 279 g/mol. The molecule has 0 aromatic heterocycles. The SMILES string of the molecule is CC(C)(C)OC(=O)NC(CS)CSC(C)(C)C. The Morgan fingerprint density at radius 1 is 1.29 bits per heavy atom. The van der Waals surface area contributed by atoms with Gasteiger partial charge >= 0.3 is 6.09 Å². The molecule has 0 radical (unpaired) electrons. The smallest absolute Gasteiger partial charge is 0.407 e. The summed E-state index contributed by atoms with van der Waals surface area (Å²) >= 11 is 6.05. The van der Waals surface area contributed by atoms with Crippen LogP contribution in [0.15, 0.2) is 0 Å². The van der Waals surface area contributed by atoms with Gasteiger partial charge in [0.2, 0.25) is 0 Å². The molecule has 1 unspecified atom stereocenters. The van der Waals surface area contributed by atoms with E-state index in [0.717, 1.165) is 5.75 Å². The van der Waals surface area contributed by atoms with Crippen LogP contribution in [0.1, 0.15) is 41.5 Å². The molecule has 3 nitrogen and oxygen atoms in total. The van der Waals surface area contributed by atoms with E-state index in [9.17, 15) is 4.79 Å². The Morgan fingerprint density at radius 3 is 2.18 bits per heavy atom. The van der Waals surface area contributed by atoms with Crippen molar-refractivity contribution in [3.05, 3.63) is 0 Å². The van der Waals surface area contributed by atoms with Crippen LogP contribution in [0.5, 0.6) is 0 Å². The molecule has 0 aromatic rings. The number of alkyl carbamates (subject to hydrolysis) is 1. The standard InChI is InChI=1S/C12H25NO2S2/c1-11(2,3)15-10(14)13-9(7-16)8-17-12(4,5)6/h9,16H,7-8H2,1-6H3,(H,13,14). The fourth-order valence-corrected chi connectivity index (χ4v) is 2.26. The highest BCUT2D eigenvalue weighted by Crippen LogP contribution is 2.24. The van der Waals surface area contributed by atoms with Gasteiger partial charge in [-0.05, 0) is 20.8 Å². The van der Waals surface area contributed by atoms with E-state index < -0.39 is 5.60 Å². The summed E-state index contributed by atoms with van der Waals surface area (Å²) in [5.41, 5.74) is -0.456. The number of hydrogen-bond donors (Lipinski definition) is 2. The molecule has 5 heteroatoms. The van der Waals surface area contributed by atoms with Crippen LogP contribution in [-0.2, 0) is 4.74 Å². The number of nitrogens with one attached hydrogen (secondary N) is 1. The minimum absolute atomic E-state index is 0.0393. The first-order valence-corrected chi connectivity index (χ1v) is 7.39. The fourth-order valence-electron chi connectivity index (χ4n) is 0.965. The quantitative estimate of drug-likeness (QED) is 0.775. The average Bonchev–Trinajstić information content (AvgIpc) is 2.07. The molecular weight excluding hydrogens is 254 g/mol. The van der Waals surface area contributed by atoms with Crippen molar-refractivity contribution in [2.75, 3.05) is 11.5 Å². The van der Waals surface area contributed by atoms with Gasteiger partial charge in [-0.25, -0.2) is 4.79 Å². The maximum atomic E-state index is 11.6. The summed E-state index contributed by atoms with van der Waals surface area (Å²) in [6.45, 7) is 12.0. The summed E-state index contributed by atoms with van der Waals surface area (Å²) in [7, 11) is 0. The van der Waals surface area contributed by atoms with E-state index in [1.54, 1.807) is 0 Å². The maximum Gasteiger partial charge on any atom is 0.407 e. The molecule has 0 aliphatic heterocycles. The third-order valence-electron chi connectivity index (χ3n) is 1.66. The number of ether oxygens (including phenoxy) is 1. The van der Waals surface area contributed by atoms with Crippen molar-refractivity contribution >= 4 is 30.5 Å². The Kier molecular flexibility index (Phi) is 6.77. The number of carbonyl (C=O) groups is 1. The number of rotatable bonds is 4. The molecule has 0 saturated carbocycles. The van der Waals surface area contributed by atoms with Gasteiger partial charge in [-0.3, -0.25) is 0 Å². The molecule has 0 fully saturated rings. The minimum Gasteiger partial charge on any atom is -0.444 e. The predicted octanol–water partition coefficient (Wildman–Crippen LogP) is 3.34. The van der Waals surface area contributed by atoms with E-state index in [1.807, 2.05) is 32.5 Å². The Bertz CT molecular complexity index is 244. The van der Waals surface area contributed by atoms with Crippen molar-refractivity contribution in [1.82, 2.24) is 5.32 Å². The molecule has 1 amide bonds. The molecule has 0 aliphatic rings. The van der Waals surface area contributed by atoms with E-state index in [1.165, 1.54) is 0 Å². The molecule has 0 rings (SSSR count). The molecule has 0 aliphatic carbocycles. The first-order chi connectivity index (χ1) is 7.53. The molecule has 0 bridgehead atoms. The van der Waals surface area contributed by atoms with Gasteiger partial charge in [-0.15, -0.1) is 0 Å². The van der Waals surface area contributed by atoms with E-state index in [0.29, 0.717) is 5.75 Å². The van der Waals surface area contributed by atoms with Crippen molar-refractivity contribution in [2.24, 2.45) is 0 Å². The highest BCUT2D eigenvalue weighted by atomic mass is 32.2. The lowest BCUT2D eigenvalue weighted by molar-refractivity contribution is 0.0514. The highest BCUT2D eigenvalue weighted by Gasteiger charge is 2.20. The Morgan fingerprint density at radius 2 is 1.82 bits per heavy atom. The predicted molar refractivity (Wildman–Crippen MR) is 79.2 cm³/mol. The number of carbonyl (C=O) groups excluding carboxylic acids is 1. The Labute approximate surface area is 115 Å². The van der Waals surface area contributed by atoms with Crippen LogP contribution >= 0.6 is 24.4 Å². The lowest BCUT2D eigenvalue weighted by Gasteiger charge is -2.25. The third-order valence-corrected chi connectivity index (χ3v) is 3.53. The van der Waals surface area contributed by atoms with Gasteiger partial charge in [-0.1, -0.05) is 20.8 Å². The molecule has 0 heterocycles. The second kappa shape index (κ2) is 6.78. The maximum absolute atomic E-state index is 11.6. The van der Waals surface area contributed by atoms with Crippen LogP contribution in [-0.4, -0.2) is 34.0 Å². The van der Waals surface area contributed by atoms with E-state index >= 15 is 0 Å². The second-order valence-corrected chi connectivity index (χ2v) is 8.16. The van der Waals surface area contributed by atoms with Crippen LogP contribution < -0.4 is 5.32 Å². The topological polar surface area (TPSA) is 38.3 Å². The number of amides is 1. The van der Waals surface area contributed by atoms with Crippen LogP contribution in [0.3, 0.4) is 0 Å². The van der Waals surface area contributed by atoms with E-state index in [2.05, 4.69) is 38.7 Å². The third kappa shape index (κ3) is 10.8. The van der Waals surface area contributed by atoms with Gasteiger partial charge in [0.05, 0.1) is 6.04 Å². The van der Waals surface area contributed by atoms with Crippen molar-refractivity contribution in [3.8, 4) is 0 Å². The summed E-state index contributed by atoms with van der Waals surface area (Å²) in [5, 5.41) is 2.84. The zero-order valence-electron chi connectivity index (χ0n) is 11.7. The number of thioether (sulfide) groups is 1. The summed E-state index contributed by atoms with van der Waals surface area (Å²) in [5.74, 6) is 1.45. The van der Waals surface area contributed by atoms with Gasteiger partial charge < -0.3 is 10.1 Å². The van der Waals surface area contributed by atoms with Crippen molar-refractivity contribution < 1.29 is 9.53 Å². The van der Waals surface area contributed by atoms with Gasteiger partial charge in [-0.2, -0.15) is 24.4 Å². The van der Waals surface area contributed by atoms with Crippen LogP contribution in [0.25, 0.3) is 0 Å². The van der Waals surface area contributed by atoms with E-state index in [4.69, 9.17) is 4.74 Å². The molecule has 0 spiro atoms. The highest BCUT2D eigenvalue weighted by molar-refractivity contribution is 8.00. The molecular formula is C12H25NO2S2. The zero-order chi connectivity index (χ0) is 13.7. The van der Waals surface area contributed by atoms with Gasteiger partial charge in [0, 0.05) is 16.3 Å². The minimum atomic E-state index is -0.456. The Balaban J connectivity index is 4.09. The molecule has 17 heavy (non-hydrogen) atoms. The van der Waals surface area contributed by atoms with Crippen LogP contribution in [0, 0.1) is 0 Å². The van der Waals surface area contributed by atoms with Gasteiger partial charge in [0.25, 0.3) is 0 Å². The lowest BCUT2D eigenvalue weighted by Crippen LogP contribution is -2.42. The molecule has 0 aromatic carbocycles. The van der Waals surface area contributed by atoms with Crippen LogP contribution in [0.2, 0.25) is 0 Å². The number of thiol groups is 1. The monoisotopic (exact) mass is 279 g/mol. The van der Waals surface area contributed by atoms with Crippen molar-refractivity contribution in [1.29, 1.82) is 0 Å². The largest absolute Gasteiger partial charge is 0.444 e. The summed E-state index contributed by atoms with van der Waals surface area (Å²) < 4.78 is 5.40. The number of hydrogen-bond acceptors (Lipinski definition) is 4. The lowest BCUT2D eigenvalue weighted by atomic mass is 10.2. The van der Waals surface area contributed by atoms with Gasteiger partial charge in [0.15, 0.2) is 0 Å². The van der Waals surface area contributed by atoms with E-state index in [-0.39, 0.29) is 16.9 Å². The molecule has 1 N–H and O–H groups in total. The zero-order valence-corrected chi connectivity index (χ0v) is 13.4. The van der Waals surface area contributed by atoms with Crippen molar-refractivity contribution in [2.45, 2.75) is 57.9 Å². The summed E-state index contributed by atoms with van der Waals surface area (Å²) in [6, 6.07) is 0.0393. The summed E-state index contributed by atoms with van der Waals surface area (Å²) in [4.78, 5) is 11.6. The molecule has 102 valence electrons. The van der Waals surface area contributed by atoms with Gasteiger partial charge in [0.1, 0.15) is 5.60 Å². The first kappa shape index (κ1) is 17.0. The molecule has 1 atom stereocenters. The fraction of sp³-hybridized carbons (Fsp3) is 0.917. The summed E-state index contributed by atoms with van der Waals surface area (Å²) in [6.07, 6.45) is -0.369. The first-order valence-electron chi connectivity index (χ1n) is 5.78.